The molecule has 2 heterocycles. The van der Waals surface area contributed by atoms with Crippen molar-refractivity contribution in [1.29, 1.82) is 0 Å². The first-order chi connectivity index (χ1) is 14.0. The lowest BCUT2D eigenvalue weighted by atomic mass is 9.96. The summed E-state index contributed by atoms with van der Waals surface area (Å²) in [6, 6.07) is 19.8. The zero-order valence-corrected chi connectivity index (χ0v) is 19.6. The smallest absolute Gasteiger partial charge is 0.215 e. The van der Waals surface area contributed by atoms with Crippen LogP contribution in [0.25, 0.3) is 0 Å². The molecule has 0 amide bonds. The number of hydrogen-bond donors (Lipinski definition) is 0. The molecule has 0 bridgehead atoms. The summed E-state index contributed by atoms with van der Waals surface area (Å²) in [6.45, 7) is 0. The lowest BCUT2D eigenvalue weighted by Gasteiger charge is -2.39. The summed E-state index contributed by atoms with van der Waals surface area (Å²) in [5.74, 6) is 0.815. The fourth-order valence-corrected chi connectivity index (χ4v) is 5.68. The highest BCUT2D eigenvalue weighted by atomic mass is 79.9. The molecule has 2 atom stereocenters. The molecule has 0 saturated heterocycles. The Balaban J connectivity index is 1.66. The Hall–Kier alpha value is -1.53. The second-order valence-corrected chi connectivity index (χ2v) is 9.57. The van der Waals surface area contributed by atoms with Gasteiger partial charge in [-0.1, -0.05) is 75.5 Å². The van der Waals surface area contributed by atoms with Crippen molar-refractivity contribution in [3.8, 4) is 5.75 Å². The lowest BCUT2D eigenvalue weighted by molar-refractivity contribution is -0.0196. The van der Waals surface area contributed by atoms with Crippen LogP contribution >= 0.6 is 55.1 Å². The van der Waals surface area contributed by atoms with E-state index in [0.717, 1.165) is 43.5 Å². The van der Waals surface area contributed by atoms with Crippen molar-refractivity contribution in [1.82, 2.24) is 5.01 Å². The van der Waals surface area contributed by atoms with Crippen LogP contribution in [0, 0.1) is 0 Å². The molecule has 146 valence electrons. The second kappa shape index (κ2) is 7.62. The Bertz CT molecular complexity index is 1140. The van der Waals surface area contributed by atoms with Gasteiger partial charge in [-0.2, -0.15) is 5.10 Å². The van der Waals surface area contributed by atoms with E-state index in [9.17, 15) is 0 Å². The van der Waals surface area contributed by atoms with Crippen molar-refractivity contribution >= 4 is 60.8 Å². The summed E-state index contributed by atoms with van der Waals surface area (Å²) in [7, 11) is 0. The predicted octanol–water partition coefficient (Wildman–Crippen LogP) is 7.76. The number of nitrogens with zero attached hydrogens (tertiary/aromatic N) is 2. The van der Waals surface area contributed by atoms with Crippen LogP contribution in [0.1, 0.15) is 35.4 Å². The van der Waals surface area contributed by atoms with Gasteiger partial charge in [0.15, 0.2) is 0 Å². The van der Waals surface area contributed by atoms with Crippen molar-refractivity contribution in [3.63, 3.8) is 0 Å². The molecule has 0 aromatic heterocycles. The highest BCUT2D eigenvalue weighted by molar-refractivity contribution is 9.11. The first kappa shape index (κ1) is 19.4. The minimum atomic E-state index is -0.448. The Morgan fingerprint density at radius 2 is 1.76 bits per heavy atom. The van der Waals surface area contributed by atoms with Crippen LogP contribution in [0.4, 0.5) is 0 Å². The maximum Gasteiger partial charge on any atom is 0.215 e. The molecule has 3 aromatic carbocycles. The largest absolute Gasteiger partial charge is 0.463 e. The summed E-state index contributed by atoms with van der Waals surface area (Å²) in [4.78, 5) is 0. The lowest BCUT2D eigenvalue weighted by Crippen LogP contribution is -2.34. The van der Waals surface area contributed by atoms with Crippen molar-refractivity contribution in [2.45, 2.75) is 18.7 Å². The van der Waals surface area contributed by atoms with Gasteiger partial charge in [0.25, 0.3) is 0 Å². The monoisotopic (exact) mass is 550 g/mol. The summed E-state index contributed by atoms with van der Waals surface area (Å²) in [5.41, 5.74) is 4.05. The minimum absolute atomic E-state index is 0.0412. The van der Waals surface area contributed by atoms with E-state index in [0.29, 0.717) is 10.0 Å². The zero-order valence-electron chi connectivity index (χ0n) is 14.9. The van der Waals surface area contributed by atoms with Gasteiger partial charge in [-0.3, -0.25) is 0 Å². The average Bonchev–Trinajstić information content (AvgIpc) is 3.15. The van der Waals surface area contributed by atoms with Crippen molar-refractivity contribution in [2.75, 3.05) is 0 Å². The first-order valence-electron chi connectivity index (χ1n) is 9.03. The van der Waals surface area contributed by atoms with Crippen LogP contribution in [0.5, 0.6) is 5.75 Å². The third-order valence-electron chi connectivity index (χ3n) is 5.14. The molecule has 29 heavy (non-hydrogen) atoms. The molecule has 3 aromatic rings. The molecule has 3 nitrogen and oxygen atoms in total. The Labute approximate surface area is 195 Å². The zero-order chi connectivity index (χ0) is 20.1. The van der Waals surface area contributed by atoms with Gasteiger partial charge in [0.2, 0.25) is 6.23 Å². The molecular formula is C22H14Br2Cl2N2O. The molecule has 0 radical (unpaired) electrons. The molecule has 0 N–H and O–H groups in total. The van der Waals surface area contributed by atoms with Crippen LogP contribution in [-0.2, 0) is 0 Å². The molecule has 2 aliphatic heterocycles. The summed E-state index contributed by atoms with van der Waals surface area (Å²) in [5, 5.41) is 8.12. The molecule has 0 spiro atoms. The van der Waals surface area contributed by atoms with E-state index in [-0.39, 0.29) is 6.04 Å². The van der Waals surface area contributed by atoms with Crippen LogP contribution in [0.15, 0.2) is 74.7 Å². The SMILES string of the molecule is Clc1ccc(C2Oc3c(Br)cc(Br)cc3C3CC(c4ccccc4)=NN32)c(Cl)c1. The van der Waals surface area contributed by atoms with E-state index in [4.69, 9.17) is 33.0 Å². The van der Waals surface area contributed by atoms with E-state index in [1.165, 1.54) is 0 Å². The van der Waals surface area contributed by atoms with Gasteiger partial charge in [0.05, 0.1) is 21.2 Å². The molecule has 0 saturated carbocycles. The molecule has 7 heteroatoms. The number of rotatable bonds is 2. The van der Waals surface area contributed by atoms with E-state index < -0.39 is 6.23 Å². The number of hydrazone groups is 1. The Kier molecular flexibility index (Phi) is 5.11. The van der Waals surface area contributed by atoms with Gasteiger partial charge < -0.3 is 4.74 Å². The predicted molar refractivity (Wildman–Crippen MR) is 124 cm³/mol. The molecule has 2 aliphatic rings. The van der Waals surface area contributed by atoms with Gasteiger partial charge in [0.1, 0.15) is 5.75 Å². The molecular weight excluding hydrogens is 539 g/mol. The molecule has 0 fully saturated rings. The number of benzene rings is 3. The van der Waals surface area contributed by atoms with Crippen LogP contribution in [0.2, 0.25) is 10.0 Å². The van der Waals surface area contributed by atoms with Crippen molar-refractivity contribution in [3.05, 3.63) is 96.3 Å². The molecule has 5 rings (SSSR count). The Morgan fingerprint density at radius 3 is 2.52 bits per heavy atom. The van der Waals surface area contributed by atoms with Gasteiger partial charge in [-0.15, -0.1) is 0 Å². The van der Waals surface area contributed by atoms with E-state index in [2.05, 4.69) is 50.1 Å². The number of halogens is 4. The average molecular weight is 553 g/mol. The quantitative estimate of drug-likeness (QED) is 0.324. The fraction of sp³-hybridized carbons (Fsp3) is 0.136. The van der Waals surface area contributed by atoms with E-state index in [1.807, 2.05) is 41.4 Å². The van der Waals surface area contributed by atoms with Crippen molar-refractivity contribution < 1.29 is 4.74 Å². The maximum atomic E-state index is 6.54. The van der Waals surface area contributed by atoms with Gasteiger partial charge >= 0.3 is 0 Å². The summed E-state index contributed by atoms with van der Waals surface area (Å²) in [6.07, 6.45) is 0.335. The molecule has 0 aliphatic carbocycles. The number of ether oxygens (including phenoxy) is 1. The maximum absolute atomic E-state index is 6.54. The fourth-order valence-electron chi connectivity index (χ4n) is 3.83. The van der Waals surface area contributed by atoms with Crippen molar-refractivity contribution in [2.24, 2.45) is 5.10 Å². The third-order valence-corrected chi connectivity index (χ3v) is 6.75. The topological polar surface area (TPSA) is 24.8 Å². The summed E-state index contributed by atoms with van der Waals surface area (Å²) >= 11 is 19.9. The van der Waals surface area contributed by atoms with E-state index >= 15 is 0 Å². The van der Waals surface area contributed by atoms with Crippen LogP contribution < -0.4 is 4.74 Å². The van der Waals surface area contributed by atoms with Gasteiger partial charge in [0, 0.05) is 27.0 Å². The van der Waals surface area contributed by atoms with Gasteiger partial charge in [-0.25, -0.2) is 5.01 Å². The third kappa shape index (κ3) is 3.48. The highest BCUT2D eigenvalue weighted by Crippen LogP contribution is 2.51. The summed E-state index contributed by atoms with van der Waals surface area (Å²) < 4.78 is 8.33. The van der Waals surface area contributed by atoms with Gasteiger partial charge in [-0.05, 0) is 45.8 Å². The van der Waals surface area contributed by atoms with E-state index in [1.54, 1.807) is 6.07 Å². The highest BCUT2D eigenvalue weighted by Gasteiger charge is 2.42. The van der Waals surface area contributed by atoms with Crippen LogP contribution in [0.3, 0.4) is 0 Å². The normalized spacial score (nSPS) is 20.0. The molecule has 2 unspecified atom stereocenters. The van der Waals surface area contributed by atoms with Crippen LogP contribution in [-0.4, -0.2) is 10.7 Å². The Morgan fingerprint density at radius 1 is 0.966 bits per heavy atom. The number of hydrogen-bond acceptors (Lipinski definition) is 3. The second-order valence-electron chi connectivity index (χ2n) is 6.95. The first-order valence-corrected chi connectivity index (χ1v) is 11.4. The number of fused-ring (bicyclic) bond motifs is 3. The minimum Gasteiger partial charge on any atom is -0.463 e. The standard InChI is InChI=1S/C22H14Br2Cl2N2O/c23-13-8-16-20-11-19(12-4-2-1-3-5-12)27-28(20)22(29-21(16)17(24)9-13)15-7-6-14(25)10-18(15)26/h1-10,20,22H,11H2.